The topological polar surface area (TPSA) is 47.6 Å². The standard InChI is InChI=1S/C23H16BrCl2NO3S/c1-29-19-9-13(10-21-23(28)27-18-4-2-3-5-20(18)31-21)8-16(24)22(19)30-12-14-6-7-15(25)11-17(14)26/h2-11H,12H2,1H3,(H,27,28)/b21-10-. The Balaban J connectivity index is 1.59. The molecular weight excluding hydrogens is 521 g/mol. The molecule has 31 heavy (non-hydrogen) atoms. The highest BCUT2D eigenvalue weighted by atomic mass is 79.9. The second kappa shape index (κ2) is 9.57. The van der Waals surface area contributed by atoms with E-state index in [0.717, 1.165) is 21.7 Å². The van der Waals surface area contributed by atoms with Crippen molar-refractivity contribution in [1.29, 1.82) is 0 Å². The maximum Gasteiger partial charge on any atom is 0.262 e. The first-order chi connectivity index (χ1) is 14.9. The normalized spacial score (nSPS) is 14.2. The molecule has 4 rings (SSSR count). The molecule has 1 heterocycles. The monoisotopic (exact) mass is 535 g/mol. The molecule has 0 aliphatic carbocycles. The number of thioether (sulfide) groups is 1. The molecule has 1 aliphatic heterocycles. The Kier molecular flexibility index (Phi) is 6.82. The van der Waals surface area contributed by atoms with Gasteiger partial charge in [0.05, 0.1) is 22.2 Å². The van der Waals surface area contributed by atoms with E-state index < -0.39 is 0 Å². The van der Waals surface area contributed by atoms with Crippen LogP contribution in [0.5, 0.6) is 11.5 Å². The number of methoxy groups -OCH3 is 1. The summed E-state index contributed by atoms with van der Waals surface area (Å²) in [5, 5.41) is 4.01. The Morgan fingerprint density at radius 2 is 1.94 bits per heavy atom. The Hall–Kier alpha value is -2.12. The zero-order chi connectivity index (χ0) is 22.0. The van der Waals surface area contributed by atoms with Gasteiger partial charge in [-0.05, 0) is 64.0 Å². The highest BCUT2D eigenvalue weighted by molar-refractivity contribution is 9.10. The fourth-order valence-corrected chi connectivity index (χ4v) is 4.99. The molecule has 0 bridgehead atoms. The molecule has 0 spiro atoms. The molecule has 1 aliphatic rings. The van der Waals surface area contributed by atoms with Crippen LogP contribution >= 0.6 is 50.9 Å². The molecule has 0 saturated carbocycles. The number of rotatable bonds is 5. The molecule has 8 heteroatoms. The quantitative estimate of drug-likeness (QED) is 0.344. The third-order valence-corrected chi connectivity index (χ3v) is 6.79. The van der Waals surface area contributed by atoms with E-state index in [2.05, 4.69) is 21.2 Å². The van der Waals surface area contributed by atoms with Crippen molar-refractivity contribution in [2.75, 3.05) is 12.4 Å². The summed E-state index contributed by atoms with van der Waals surface area (Å²) in [7, 11) is 1.57. The van der Waals surface area contributed by atoms with Crippen LogP contribution in [0.3, 0.4) is 0 Å². The molecule has 3 aromatic carbocycles. The summed E-state index contributed by atoms with van der Waals surface area (Å²) in [4.78, 5) is 14.1. The average Bonchev–Trinajstić information content (AvgIpc) is 2.74. The number of amides is 1. The van der Waals surface area contributed by atoms with Crippen LogP contribution in [-0.4, -0.2) is 13.0 Å². The molecule has 0 radical (unpaired) electrons. The van der Waals surface area contributed by atoms with E-state index in [-0.39, 0.29) is 12.5 Å². The van der Waals surface area contributed by atoms with Gasteiger partial charge >= 0.3 is 0 Å². The van der Waals surface area contributed by atoms with Gasteiger partial charge < -0.3 is 14.8 Å². The summed E-state index contributed by atoms with van der Waals surface area (Å²) in [6, 6.07) is 16.7. The van der Waals surface area contributed by atoms with Crippen LogP contribution in [0.2, 0.25) is 10.0 Å². The molecule has 0 fully saturated rings. The van der Waals surface area contributed by atoms with Crippen LogP contribution in [0, 0.1) is 0 Å². The third kappa shape index (κ3) is 5.04. The van der Waals surface area contributed by atoms with Gasteiger partial charge in [-0.1, -0.05) is 53.2 Å². The predicted octanol–water partition coefficient (Wildman–Crippen LogP) is 7.43. The highest BCUT2D eigenvalue weighted by Crippen LogP contribution is 2.41. The summed E-state index contributed by atoms with van der Waals surface area (Å²) in [5.74, 6) is 0.936. The van der Waals surface area contributed by atoms with Crippen molar-refractivity contribution in [2.45, 2.75) is 11.5 Å². The van der Waals surface area contributed by atoms with Crippen molar-refractivity contribution in [3.05, 3.63) is 85.1 Å². The number of benzene rings is 3. The van der Waals surface area contributed by atoms with E-state index in [1.165, 1.54) is 11.8 Å². The zero-order valence-corrected chi connectivity index (χ0v) is 20.2. The van der Waals surface area contributed by atoms with Crippen molar-refractivity contribution in [3.8, 4) is 11.5 Å². The number of carbonyl (C=O) groups is 1. The van der Waals surface area contributed by atoms with E-state index in [1.54, 1.807) is 19.2 Å². The Labute approximate surface area is 202 Å². The molecule has 1 N–H and O–H groups in total. The molecule has 3 aromatic rings. The molecule has 158 valence electrons. The second-order valence-electron chi connectivity index (χ2n) is 6.62. The Morgan fingerprint density at radius 1 is 1.13 bits per heavy atom. The lowest BCUT2D eigenvalue weighted by molar-refractivity contribution is -0.112. The van der Waals surface area contributed by atoms with Gasteiger partial charge in [0.25, 0.3) is 5.91 Å². The van der Waals surface area contributed by atoms with E-state index in [9.17, 15) is 4.79 Å². The summed E-state index contributed by atoms with van der Waals surface area (Å²) in [6.07, 6.45) is 1.82. The van der Waals surface area contributed by atoms with Gasteiger partial charge in [-0.2, -0.15) is 0 Å². The van der Waals surface area contributed by atoms with Crippen molar-refractivity contribution in [3.63, 3.8) is 0 Å². The van der Waals surface area contributed by atoms with Crippen molar-refractivity contribution >= 4 is 68.6 Å². The Morgan fingerprint density at radius 3 is 2.71 bits per heavy atom. The van der Waals surface area contributed by atoms with E-state index in [0.29, 0.717) is 30.9 Å². The highest BCUT2D eigenvalue weighted by Gasteiger charge is 2.21. The van der Waals surface area contributed by atoms with E-state index in [4.69, 9.17) is 32.7 Å². The molecular formula is C23H16BrCl2NO3S. The van der Waals surface area contributed by atoms with Gasteiger partial charge in [-0.3, -0.25) is 4.79 Å². The van der Waals surface area contributed by atoms with Gasteiger partial charge in [-0.15, -0.1) is 0 Å². The van der Waals surface area contributed by atoms with Gasteiger partial charge in [-0.25, -0.2) is 0 Å². The van der Waals surface area contributed by atoms with Crippen LogP contribution in [0.1, 0.15) is 11.1 Å². The third-order valence-electron chi connectivity index (χ3n) is 4.52. The number of hydrogen-bond donors (Lipinski definition) is 1. The maximum absolute atomic E-state index is 12.5. The maximum atomic E-state index is 12.5. The van der Waals surface area contributed by atoms with Crippen LogP contribution in [-0.2, 0) is 11.4 Å². The number of fused-ring (bicyclic) bond motifs is 1. The molecule has 0 saturated heterocycles. The molecule has 0 aromatic heterocycles. The van der Waals surface area contributed by atoms with Crippen molar-refractivity contribution in [1.82, 2.24) is 0 Å². The molecule has 0 atom stereocenters. The van der Waals surface area contributed by atoms with Crippen molar-refractivity contribution in [2.24, 2.45) is 0 Å². The van der Waals surface area contributed by atoms with Gasteiger partial charge in [0.1, 0.15) is 6.61 Å². The van der Waals surface area contributed by atoms with Crippen LogP contribution in [0.15, 0.2) is 68.9 Å². The average molecular weight is 537 g/mol. The number of para-hydroxylation sites is 1. The second-order valence-corrected chi connectivity index (χ2v) is 9.40. The minimum Gasteiger partial charge on any atom is -0.493 e. The summed E-state index contributed by atoms with van der Waals surface area (Å²) in [6.45, 7) is 0.250. The van der Waals surface area contributed by atoms with Crippen LogP contribution in [0.4, 0.5) is 5.69 Å². The fraction of sp³-hybridized carbons (Fsp3) is 0.0870. The van der Waals surface area contributed by atoms with Crippen LogP contribution in [0.25, 0.3) is 6.08 Å². The van der Waals surface area contributed by atoms with Crippen LogP contribution < -0.4 is 14.8 Å². The van der Waals surface area contributed by atoms with Gasteiger partial charge in [0, 0.05) is 20.5 Å². The molecule has 0 unspecified atom stereocenters. The lowest BCUT2D eigenvalue weighted by Crippen LogP contribution is -2.17. The smallest absolute Gasteiger partial charge is 0.262 e. The van der Waals surface area contributed by atoms with Crippen molar-refractivity contribution < 1.29 is 14.3 Å². The minimum absolute atomic E-state index is 0.142. The SMILES string of the molecule is COc1cc(/C=C2\Sc3ccccc3NC2=O)cc(Br)c1OCc1ccc(Cl)cc1Cl. The largest absolute Gasteiger partial charge is 0.493 e. The number of hydrogen-bond acceptors (Lipinski definition) is 4. The van der Waals surface area contributed by atoms with Gasteiger partial charge in [0.2, 0.25) is 0 Å². The summed E-state index contributed by atoms with van der Waals surface area (Å²) in [5.41, 5.74) is 2.43. The minimum atomic E-state index is -0.142. The zero-order valence-electron chi connectivity index (χ0n) is 16.2. The summed E-state index contributed by atoms with van der Waals surface area (Å²) < 4.78 is 12.2. The Bertz CT molecular complexity index is 1200. The first kappa shape index (κ1) is 22.1. The first-order valence-electron chi connectivity index (χ1n) is 9.19. The number of ether oxygens (including phenoxy) is 2. The van der Waals surface area contributed by atoms with Gasteiger partial charge in [0.15, 0.2) is 11.5 Å². The summed E-state index contributed by atoms with van der Waals surface area (Å²) >= 11 is 17.2. The lowest BCUT2D eigenvalue weighted by Gasteiger charge is -2.18. The number of anilines is 1. The lowest BCUT2D eigenvalue weighted by atomic mass is 10.1. The molecule has 1 amide bonds. The van der Waals surface area contributed by atoms with E-state index in [1.807, 2.05) is 48.5 Å². The molecule has 4 nitrogen and oxygen atoms in total. The number of nitrogens with one attached hydrogen (secondary N) is 1. The van der Waals surface area contributed by atoms with E-state index >= 15 is 0 Å². The fourth-order valence-electron chi connectivity index (χ4n) is 3.01. The number of carbonyl (C=O) groups excluding carboxylic acids is 1. The predicted molar refractivity (Wildman–Crippen MR) is 130 cm³/mol. The first-order valence-corrected chi connectivity index (χ1v) is 11.6. The number of halogens is 3.